The van der Waals surface area contributed by atoms with Gasteiger partial charge in [-0.2, -0.15) is 5.10 Å². The summed E-state index contributed by atoms with van der Waals surface area (Å²) in [4.78, 5) is 16.0. The van der Waals surface area contributed by atoms with Gasteiger partial charge >= 0.3 is 0 Å². The molecule has 1 aromatic carbocycles. The van der Waals surface area contributed by atoms with Crippen molar-refractivity contribution in [2.24, 2.45) is 5.92 Å². The van der Waals surface area contributed by atoms with E-state index in [1.54, 1.807) is 13.0 Å². The second-order valence-corrected chi connectivity index (χ2v) is 6.43. The molecule has 2 N–H and O–H groups in total. The highest BCUT2D eigenvalue weighted by atomic mass is 35.5. The van der Waals surface area contributed by atoms with Crippen molar-refractivity contribution in [3.63, 3.8) is 0 Å². The van der Waals surface area contributed by atoms with Gasteiger partial charge in [0.2, 0.25) is 5.91 Å². The number of hydrogen-bond acceptors (Lipinski definition) is 3. The summed E-state index contributed by atoms with van der Waals surface area (Å²) in [6.45, 7) is 2.45. The first-order valence-corrected chi connectivity index (χ1v) is 7.88. The van der Waals surface area contributed by atoms with Crippen LogP contribution in [0.3, 0.4) is 0 Å². The molecule has 22 heavy (non-hydrogen) atoms. The van der Waals surface area contributed by atoms with Gasteiger partial charge in [-0.15, -0.1) is 0 Å². The lowest BCUT2D eigenvalue weighted by Gasteiger charge is -2.05. The van der Waals surface area contributed by atoms with Crippen molar-refractivity contribution in [3.8, 4) is 0 Å². The first-order chi connectivity index (χ1) is 10.5. The normalized spacial score (nSPS) is 20.0. The van der Waals surface area contributed by atoms with E-state index in [0.717, 1.165) is 12.0 Å². The lowest BCUT2D eigenvalue weighted by atomic mass is 10.1. The van der Waals surface area contributed by atoms with Gasteiger partial charge in [-0.25, -0.2) is 4.98 Å². The summed E-state index contributed by atoms with van der Waals surface area (Å²) in [7, 11) is 0. The Labute approximate surface area is 138 Å². The summed E-state index contributed by atoms with van der Waals surface area (Å²) in [5, 5.41) is 10.9. The first kappa shape index (κ1) is 15.3. The summed E-state index contributed by atoms with van der Waals surface area (Å²) >= 11 is 12.1. The van der Waals surface area contributed by atoms with Crippen molar-refractivity contribution in [2.45, 2.75) is 25.7 Å². The fraction of sp³-hybridized carbons (Fsp3) is 0.400. The highest BCUT2D eigenvalue weighted by molar-refractivity contribution is 6.35. The van der Waals surface area contributed by atoms with Crippen LogP contribution in [0.2, 0.25) is 10.0 Å². The number of aryl methyl sites for hydroxylation is 1. The SMILES string of the molecule is Cc1nc(CC(=O)NC[C@@H]2C[C@H]2c2ccc(Cl)cc2Cl)n[nH]1. The van der Waals surface area contributed by atoms with Gasteiger partial charge in [0.1, 0.15) is 5.82 Å². The quantitative estimate of drug-likeness (QED) is 0.880. The Bertz CT molecular complexity index is 701. The van der Waals surface area contributed by atoms with E-state index < -0.39 is 0 Å². The maximum Gasteiger partial charge on any atom is 0.227 e. The molecule has 2 aromatic rings. The van der Waals surface area contributed by atoms with Crippen LogP contribution in [0, 0.1) is 12.8 Å². The second kappa shape index (κ2) is 6.26. The van der Waals surface area contributed by atoms with E-state index in [1.165, 1.54) is 0 Å². The third-order valence-corrected chi connectivity index (χ3v) is 4.37. The summed E-state index contributed by atoms with van der Waals surface area (Å²) in [6, 6.07) is 5.58. The fourth-order valence-corrected chi connectivity index (χ4v) is 3.12. The van der Waals surface area contributed by atoms with Gasteiger partial charge in [0.25, 0.3) is 0 Å². The van der Waals surface area contributed by atoms with Gasteiger partial charge in [-0.05, 0) is 42.9 Å². The summed E-state index contributed by atoms with van der Waals surface area (Å²) in [5.74, 6) is 1.99. The van der Waals surface area contributed by atoms with E-state index in [0.29, 0.717) is 40.1 Å². The molecule has 1 aliphatic rings. The number of amides is 1. The zero-order valence-electron chi connectivity index (χ0n) is 12.1. The van der Waals surface area contributed by atoms with Crippen molar-refractivity contribution in [2.75, 3.05) is 6.54 Å². The zero-order chi connectivity index (χ0) is 15.7. The lowest BCUT2D eigenvalue weighted by molar-refractivity contribution is -0.120. The Kier molecular flexibility index (Phi) is 4.36. The molecule has 7 heteroatoms. The average molecular weight is 339 g/mol. The largest absolute Gasteiger partial charge is 0.355 e. The third kappa shape index (κ3) is 3.59. The van der Waals surface area contributed by atoms with Crippen LogP contribution >= 0.6 is 23.2 Å². The van der Waals surface area contributed by atoms with Gasteiger partial charge < -0.3 is 5.32 Å². The van der Waals surface area contributed by atoms with E-state index >= 15 is 0 Å². The number of hydrogen-bond donors (Lipinski definition) is 2. The maximum absolute atomic E-state index is 11.9. The Morgan fingerprint density at radius 1 is 1.45 bits per heavy atom. The number of halogens is 2. The molecular weight excluding hydrogens is 323 g/mol. The molecule has 0 unspecified atom stereocenters. The van der Waals surface area contributed by atoms with E-state index in [2.05, 4.69) is 20.5 Å². The summed E-state index contributed by atoms with van der Waals surface area (Å²) in [6.07, 6.45) is 1.23. The number of rotatable bonds is 5. The highest BCUT2D eigenvalue weighted by Gasteiger charge is 2.39. The molecule has 1 saturated carbocycles. The summed E-state index contributed by atoms with van der Waals surface area (Å²) < 4.78 is 0. The van der Waals surface area contributed by atoms with E-state index in [-0.39, 0.29) is 12.3 Å². The van der Waals surface area contributed by atoms with Crippen molar-refractivity contribution in [3.05, 3.63) is 45.5 Å². The molecule has 0 spiro atoms. The summed E-state index contributed by atoms with van der Waals surface area (Å²) in [5.41, 5.74) is 1.11. The molecule has 116 valence electrons. The first-order valence-electron chi connectivity index (χ1n) is 7.12. The number of benzene rings is 1. The number of carbonyl (C=O) groups excluding carboxylic acids is 1. The second-order valence-electron chi connectivity index (χ2n) is 5.59. The molecule has 0 bridgehead atoms. The molecule has 5 nitrogen and oxygen atoms in total. The lowest BCUT2D eigenvalue weighted by Crippen LogP contribution is -2.27. The van der Waals surface area contributed by atoms with Crippen LogP contribution in [-0.2, 0) is 11.2 Å². The Balaban J connectivity index is 1.48. The van der Waals surface area contributed by atoms with Crippen LogP contribution in [0.25, 0.3) is 0 Å². The molecule has 0 saturated heterocycles. The molecule has 1 heterocycles. The molecule has 1 fully saturated rings. The Morgan fingerprint density at radius 3 is 2.95 bits per heavy atom. The van der Waals surface area contributed by atoms with E-state index in [1.807, 2.05) is 12.1 Å². The van der Waals surface area contributed by atoms with Crippen LogP contribution in [0.4, 0.5) is 0 Å². The van der Waals surface area contributed by atoms with Gasteiger partial charge in [0.15, 0.2) is 5.82 Å². The number of nitrogens with one attached hydrogen (secondary N) is 2. The number of aromatic amines is 1. The molecule has 0 radical (unpaired) electrons. The van der Waals surface area contributed by atoms with Gasteiger partial charge in [0.05, 0.1) is 6.42 Å². The molecule has 1 aromatic heterocycles. The van der Waals surface area contributed by atoms with Crippen molar-refractivity contribution >= 4 is 29.1 Å². The van der Waals surface area contributed by atoms with E-state index in [9.17, 15) is 4.79 Å². The predicted molar refractivity (Wildman–Crippen MR) is 85.1 cm³/mol. The van der Waals surface area contributed by atoms with Crippen LogP contribution in [0.5, 0.6) is 0 Å². The number of nitrogens with zero attached hydrogens (tertiary/aromatic N) is 2. The standard InChI is InChI=1S/C15H16Cl2N4O/c1-8-19-14(21-20-8)6-15(22)18-7-9-4-12(9)11-3-2-10(16)5-13(11)17/h2-3,5,9,12H,4,6-7H2,1H3,(H,18,22)(H,19,20,21)/t9-,12+/m0/s1. The van der Waals surface area contributed by atoms with Crippen molar-refractivity contribution < 1.29 is 4.79 Å². The van der Waals surface area contributed by atoms with Crippen LogP contribution < -0.4 is 5.32 Å². The Hall–Kier alpha value is -1.59. The number of carbonyl (C=O) groups is 1. The highest BCUT2D eigenvalue weighted by Crippen LogP contribution is 2.49. The maximum atomic E-state index is 11.9. The predicted octanol–water partition coefficient (Wildman–Crippen LogP) is 2.88. The van der Waals surface area contributed by atoms with Gasteiger partial charge in [0, 0.05) is 16.6 Å². The number of aromatic nitrogens is 3. The minimum absolute atomic E-state index is 0.0631. The van der Waals surface area contributed by atoms with Crippen LogP contribution in [0.1, 0.15) is 29.6 Å². The molecule has 1 amide bonds. The monoisotopic (exact) mass is 338 g/mol. The van der Waals surface area contributed by atoms with Crippen LogP contribution in [0.15, 0.2) is 18.2 Å². The minimum atomic E-state index is -0.0631. The average Bonchev–Trinajstić information content (AvgIpc) is 3.11. The Morgan fingerprint density at radius 2 is 2.27 bits per heavy atom. The third-order valence-electron chi connectivity index (χ3n) is 3.81. The minimum Gasteiger partial charge on any atom is -0.355 e. The van der Waals surface area contributed by atoms with Crippen molar-refractivity contribution in [1.82, 2.24) is 20.5 Å². The topological polar surface area (TPSA) is 70.7 Å². The van der Waals surface area contributed by atoms with Gasteiger partial charge in [-0.3, -0.25) is 9.89 Å². The molecular formula is C15H16Cl2N4O. The molecule has 2 atom stereocenters. The zero-order valence-corrected chi connectivity index (χ0v) is 13.6. The fourth-order valence-electron chi connectivity index (χ4n) is 2.58. The van der Waals surface area contributed by atoms with E-state index in [4.69, 9.17) is 23.2 Å². The molecule has 1 aliphatic carbocycles. The molecule has 3 rings (SSSR count). The number of H-pyrrole nitrogens is 1. The molecule has 0 aliphatic heterocycles. The van der Waals surface area contributed by atoms with Crippen molar-refractivity contribution in [1.29, 1.82) is 0 Å². The van der Waals surface area contributed by atoms with Gasteiger partial charge in [-0.1, -0.05) is 29.3 Å². The smallest absolute Gasteiger partial charge is 0.227 e. The van der Waals surface area contributed by atoms with Crippen LogP contribution in [-0.4, -0.2) is 27.6 Å².